The maximum atomic E-state index is 14.2. The molecule has 112 valence electrons. The fourth-order valence-corrected chi connectivity index (χ4v) is 2.41. The number of aryl methyl sites for hydroxylation is 1. The van der Waals surface area contributed by atoms with Crippen molar-refractivity contribution in [2.75, 3.05) is 19.0 Å². The molecule has 2 aromatic rings. The summed E-state index contributed by atoms with van der Waals surface area (Å²) in [4.78, 5) is 1.61. The first kappa shape index (κ1) is 15.4. The normalized spacial score (nSPS) is 10.7. The van der Waals surface area contributed by atoms with E-state index in [1.165, 1.54) is 12.1 Å². The molecule has 0 amide bonds. The van der Waals surface area contributed by atoms with Gasteiger partial charge in [0.25, 0.3) is 0 Å². The van der Waals surface area contributed by atoms with E-state index in [-0.39, 0.29) is 5.69 Å². The lowest BCUT2D eigenvalue weighted by Crippen LogP contribution is -2.20. The first-order valence-electron chi connectivity index (χ1n) is 6.91. The monoisotopic (exact) mass is 290 g/mol. The number of hydrogen-bond donors (Lipinski definition) is 1. The van der Waals surface area contributed by atoms with Crippen molar-refractivity contribution in [1.29, 1.82) is 0 Å². The standard InChI is InChI=1S/C17H20F2N2/c1-12-6-4-5-7-14(12)11-21(3)17-15(18)8-13(10-20-2)9-16(17)19/h4-9,20H,10-11H2,1-3H3. The second kappa shape index (κ2) is 6.68. The lowest BCUT2D eigenvalue weighted by atomic mass is 10.1. The van der Waals surface area contributed by atoms with Crippen molar-refractivity contribution in [3.05, 3.63) is 64.7 Å². The smallest absolute Gasteiger partial charge is 0.149 e. The molecule has 4 heteroatoms. The van der Waals surface area contributed by atoms with E-state index in [1.807, 2.05) is 31.2 Å². The highest BCUT2D eigenvalue weighted by Gasteiger charge is 2.16. The van der Waals surface area contributed by atoms with Crippen LogP contribution in [0.5, 0.6) is 0 Å². The van der Waals surface area contributed by atoms with Crippen LogP contribution in [0, 0.1) is 18.6 Å². The average molecular weight is 290 g/mol. The minimum absolute atomic E-state index is 0.0121. The lowest BCUT2D eigenvalue weighted by molar-refractivity contribution is 0.571. The summed E-state index contributed by atoms with van der Waals surface area (Å²) in [6.07, 6.45) is 0. The van der Waals surface area contributed by atoms with Gasteiger partial charge in [0.1, 0.15) is 17.3 Å². The highest BCUT2D eigenvalue weighted by atomic mass is 19.1. The van der Waals surface area contributed by atoms with Crippen LogP contribution in [-0.4, -0.2) is 14.1 Å². The van der Waals surface area contributed by atoms with Crippen LogP contribution in [0.15, 0.2) is 36.4 Å². The number of benzene rings is 2. The van der Waals surface area contributed by atoms with E-state index in [0.29, 0.717) is 18.7 Å². The largest absolute Gasteiger partial charge is 0.366 e. The molecule has 2 nitrogen and oxygen atoms in total. The zero-order valence-electron chi connectivity index (χ0n) is 12.6. The maximum absolute atomic E-state index is 14.2. The molecule has 21 heavy (non-hydrogen) atoms. The second-order valence-electron chi connectivity index (χ2n) is 5.22. The summed E-state index contributed by atoms with van der Waals surface area (Å²) >= 11 is 0. The highest BCUT2D eigenvalue weighted by molar-refractivity contribution is 5.51. The molecular formula is C17H20F2N2. The fourth-order valence-electron chi connectivity index (χ4n) is 2.41. The minimum atomic E-state index is -0.531. The number of nitrogens with zero attached hydrogens (tertiary/aromatic N) is 1. The number of anilines is 1. The highest BCUT2D eigenvalue weighted by Crippen LogP contribution is 2.26. The topological polar surface area (TPSA) is 15.3 Å². The Bertz CT molecular complexity index is 603. The average Bonchev–Trinajstić information content (AvgIpc) is 2.41. The Morgan fingerprint density at radius 1 is 1.10 bits per heavy atom. The molecule has 2 aromatic carbocycles. The molecule has 0 aliphatic rings. The molecule has 0 spiro atoms. The van der Waals surface area contributed by atoms with E-state index in [9.17, 15) is 8.78 Å². The van der Waals surface area contributed by atoms with Crippen LogP contribution in [0.1, 0.15) is 16.7 Å². The molecular weight excluding hydrogens is 270 g/mol. The van der Waals surface area contributed by atoms with Gasteiger partial charge < -0.3 is 10.2 Å². The van der Waals surface area contributed by atoms with Crippen LogP contribution in [0.4, 0.5) is 14.5 Å². The Labute approximate surface area is 124 Å². The van der Waals surface area contributed by atoms with Gasteiger partial charge in [0.2, 0.25) is 0 Å². The van der Waals surface area contributed by atoms with Gasteiger partial charge in [0.15, 0.2) is 0 Å². The number of halogens is 2. The molecule has 0 saturated heterocycles. The van der Waals surface area contributed by atoms with Crippen molar-refractivity contribution in [3.63, 3.8) is 0 Å². The van der Waals surface area contributed by atoms with Gasteiger partial charge in [0, 0.05) is 20.1 Å². The van der Waals surface area contributed by atoms with Crippen LogP contribution in [-0.2, 0) is 13.1 Å². The molecule has 0 fully saturated rings. The maximum Gasteiger partial charge on any atom is 0.149 e. The molecule has 0 aliphatic heterocycles. The molecule has 0 heterocycles. The summed E-state index contributed by atoms with van der Waals surface area (Å²) in [7, 11) is 3.44. The Kier molecular flexibility index (Phi) is 4.91. The number of rotatable bonds is 5. The lowest BCUT2D eigenvalue weighted by Gasteiger charge is -2.22. The molecule has 0 saturated carbocycles. The zero-order valence-corrected chi connectivity index (χ0v) is 12.6. The summed E-state index contributed by atoms with van der Waals surface area (Å²) in [6, 6.07) is 10.6. The van der Waals surface area contributed by atoms with Crippen LogP contribution < -0.4 is 10.2 Å². The quantitative estimate of drug-likeness (QED) is 0.904. The second-order valence-corrected chi connectivity index (χ2v) is 5.22. The van der Waals surface area contributed by atoms with Crippen molar-refractivity contribution >= 4 is 5.69 Å². The van der Waals surface area contributed by atoms with Gasteiger partial charge in [-0.05, 0) is 42.8 Å². The van der Waals surface area contributed by atoms with Crippen molar-refractivity contribution in [3.8, 4) is 0 Å². The number of nitrogens with one attached hydrogen (secondary N) is 1. The molecule has 0 radical (unpaired) electrons. The van der Waals surface area contributed by atoms with Crippen molar-refractivity contribution in [2.24, 2.45) is 0 Å². The van der Waals surface area contributed by atoms with E-state index in [1.54, 1.807) is 19.0 Å². The van der Waals surface area contributed by atoms with E-state index < -0.39 is 11.6 Å². The zero-order chi connectivity index (χ0) is 15.4. The third-order valence-corrected chi connectivity index (χ3v) is 3.51. The summed E-state index contributed by atoms with van der Waals surface area (Å²) in [5.74, 6) is -1.06. The molecule has 0 unspecified atom stereocenters. The van der Waals surface area contributed by atoms with Crippen molar-refractivity contribution in [1.82, 2.24) is 5.32 Å². The Hall–Kier alpha value is -1.94. The number of hydrogen-bond acceptors (Lipinski definition) is 2. The van der Waals surface area contributed by atoms with E-state index >= 15 is 0 Å². The molecule has 0 atom stereocenters. The fraction of sp³-hybridized carbons (Fsp3) is 0.294. The predicted molar refractivity (Wildman–Crippen MR) is 82.4 cm³/mol. The third-order valence-electron chi connectivity index (χ3n) is 3.51. The van der Waals surface area contributed by atoms with Gasteiger partial charge in [0.05, 0.1) is 0 Å². The van der Waals surface area contributed by atoms with Crippen LogP contribution in [0.2, 0.25) is 0 Å². The van der Waals surface area contributed by atoms with Crippen LogP contribution >= 0.6 is 0 Å². The van der Waals surface area contributed by atoms with E-state index in [2.05, 4.69) is 5.32 Å². The predicted octanol–water partition coefficient (Wildman–Crippen LogP) is 3.63. The molecule has 1 N–H and O–H groups in total. The summed E-state index contributed by atoms with van der Waals surface area (Å²) < 4.78 is 28.4. The minimum Gasteiger partial charge on any atom is -0.366 e. The Morgan fingerprint density at radius 3 is 2.29 bits per heavy atom. The molecule has 0 bridgehead atoms. The summed E-state index contributed by atoms with van der Waals surface area (Å²) in [5, 5.41) is 2.89. The third kappa shape index (κ3) is 3.58. The van der Waals surface area contributed by atoms with E-state index in [4.69, 9.17) is 0 Å². The van der Waals surface area contributed by atoms with Gasteiger partial charge in [-0.15, -0.1) is 0 Å². The first-order valence-corrected chi connectivity index (χ1v) is 6.91. The van der Waals surface area contributed by atoms with Gasteiger partial charge in [-0.2, -0.15) is 0 Å². The van der Waals surface area contributed by atoms with Crippen LogP contribution in [0.25, 0.3) is 0 Å². The SMILES string of the molecule is CNCc1cc(F)c(N(C)Cc2ccccc2C)c(F)c1. The molecule has 2 rings (SSSR count). The summed E-state index contributed by atoms with van der Waals surface area (Å²) in [6.45, 7) is 2.90. The van der Waals surface area contributed by atoms with Crippen LogP contribution in [0.3, 0.4) is 0 Å². The van der Waals surface area contributed by atoms with Gasteiger partial charge in [-0.25, -0.2) is 8.78 Å². The molecule has 0 aliphatic carbocycles. The molecule has 0 aromatic heterocycles. The van der Waals surface area contributed by atoms with Gasteiger partial charge >= 0.3 is 0 Å². The first-order chi connectivity index (χ1) is 10.0. The summed E-state index contributed by atoms with van der Waals surface area (Å²) in [5.41, 5.74) is 2.77. The van der Waals surface area contributed by atoms with Crippen molar-refractivity contribution in [2.45, 2.75) is 20.0 Å². The van der Waals surface area contributed by atoms with Gasteiger partial charge in [-0.3, -0.25) is 0 Å². The van der Waals surface area contributed by atoms with Crippen molar-refractivity contribution < 1.29 is 8.78 Å². The Morgan fingerprint density at radius 2 is 1.71 bits per heavy atom. The van der Waals surface area contributed by atoms with Gasteiger partial charge in [-0.1, -0.05) is 24.3 Å². The Balaban J connectivity index is 2.27. The van der Waals surface area contributed by atoms with E-state index in [0.717, 1.165) is 11.1 Å².